The molecule has 3 aromatic carbocycles. The van der Waals surface area contributed by atoms with Gasteiger partial charge in [-0.1, -0.05) is 54.1 Å². The van der Waals surface area contributed by atoms with Crippen LogP contribution in [0.2, 0.25) is 0 Å². The standard InChI is InChI=1S/C35H27N3O2S2/c1-22-11-13-27(14-12-22)42-38-30-10-5-4-9-28(30)32(29-15-16-41-31(29)19-36)33(38)24-8-6-7-23(17-24)25-18-26(21-37-20-25)35(2,3)34(39)40/h4-18,20-21H,1-3H3,(H,39,40). The van der Waals surface area contributed by atoms with E-state index < -0.39 is 11.4 Å². The predicted octanol–water partition coefficient (Wildman–Crippen LogP) is 9.20. The zero-order valence-corrected chi connectivity index (χ0v) is 25.0. The number of hydrogen-bond donors (Lipinski definition) is 1. The maximum absolute atomic E-state index is 11.9. The van der Waals surface area contributed by atoms with Crippen molar-refractivity contribution in [2.24, 2.45) is 0 Å². The van der Waals surface area contributed by atoms with E-state index in [-0.39, 0.29) is 0 Å². The summed E-state index contributed by atoms with van der Waals surface area (Å²) in [6, 6.07) is 31.4. The van der Waals surface area contributed by atoms with Gasteiger partial charge in [-0.2, -0.15) is 5.26 Å². The highest BCUT2D eigenvalue weighted by molar-refractivity contribution is 7.98. The molecule has 3 aromatic heterocycles. The maximum atomic E-state index is 11.9. The number of nitriles is 1. The van der Waals surface area contributed by atoms with Gasteiger partial charge in [-0.3, -0.25) is 13.8 Å². The lowest BCUT2D eigenvalue weighted by atomic mass is 9.84. The summed E-state index contributed by atoms with van der Waals surface area (Å²) in [5.41, 5.74) is 7.49. The Morgan fingerprint density at radius 3 is 2.48 bits per heavy atom. The van der Waals surface area contributed by atoms with Gasteiger partial charge in [0, 0.05) is 44.9 Å². The van der Waals surface area contributed by atoms with Crippen molar-refractivity contribution >= 4 is 40.2 Å². The molecule has 0 saturated carbocycles. The number of nitrogens with zero attached hydrogens (tertiary/aromatic N) is 3. The van der Waals surface area contributed by atoms with E-state index in [1.165, 1.54) is 16.9 Å². The van der Waals surface area contributed by atoms with Crippen LogP contribution in [0.4, 0.5) is 0 Å². The summed E-state index contributed by atoms with van der Waals surface area (Å²) in [5.74, 6) is -0.901. The highest BCUT2D eigenvalue weighted by Gasteiger charge is 2.30. The van der Waals surface area contributed by atoms with Gasteiger partial charge in [-0.05, 0) is 85.6 Å². The molecule has 0 radical (unpaired) electrons. The van der Waals surface area contributed by atoms with Crippen molar-refractivity contribution in [1.29, 1.82) is 5.26 Å². The van der Waals surface area contributed by atoms with Crippen LogP contribution in [0.3, 0.4) is 0 Å². The average Bonchev–Trinajstić information content (AvgIpc) is 3.60. The van der Waals surface area contributed by atoms with Gasteiger partial charge in [0.2, 0.25) is 0 Å². The minimum absolute atomic E-state index is 0.638. The first-order valence-corrected chi connectivity index (χ1v) is 15.1. The van der Waals surface area contributed by atoms with Gasteiger partial charge in [0.1, 0.15) is 10.9 Å². The van der Waals surface area contributed by atoms with Gasteiger partial charge < -0.3 is 5.11 Å². The molecule has 0 spiro atoms. The van der Waals surface area contributed by atoms with Gasteiger partial charge in [-0.15, -0.1) is 11.3 Å². The summed E-state index contributed by atoms with van der Waals surface area (Å²) in [6.45, 7) is 5.45. The molecule has 0 bridgehead atoms. The molecule has 0 saturated heterocycles. The van der Waals surface area contributed by atoms with E-state index >= 15 is 0 Å². The summed E-state index contributed by atoms with van der Waals surface area (Å²) in [7, 11) is 0. The Labute approximate surface area is 252 Å². The third-order valence-electron chi connectivity index (χ3n) is 7.55. The molecule has 0 aliphatic heterocycles. The number of carbonyl (C=O) groups is 1. The van der Waals surface area contributed by atoms with E-state index in [1.54, 1.807) is 38.2 Å². The molecule has 0 atom stereocenters. The molecule has 206 valence electrons. The van der Waals surface area contributed by atoms with Gasteiger partial charge in [-0.25, -0.2) is 0 Å². The van der Waals surface area contributed by atoms with E-state index in [9.17, 15) is 15.2 Å². The molecule has 0 fully saturated rings. The highest BCUT2D eigenvalue weighted by Crippen LogP contribution is 2.46. The molecule has 42 heavy (non-hydrogen) atoms. The summed E-state index contributed by atoms with van der Waals surface area (Å²) >= 11 is 3.09. The van der Waals surface area contributed by atoms with Crippen LogP contribution in [0.5, 0.6) is 0 Å². The van der Waals surface area contributed by atoms with Crippen molar-refractivity contribution in [1.82, 2.24) is 8.96 Å². The SMILES string of the molecule is Cc1ccc(Sn2c(-c3cccc(-c4cncc(C(C)(C)C(=O)O)c4)c3)c(-c3ccsc3C#N)c3ccccc32)cc1. The molecule has 5 nitrogen and oxygen atoms in total. The minimum Gasteiger partial charge on any atom is -0.481 e. The normalized spacial score (nSPS) is 11.5. The molecular weight excluding hydrogens is 559 g/mol. The Morgan fingerprint density at radius 2 is 1.71 bits per heavy atom. The van der Waals surface area contributed by atoms with Crippen LogP contribution in [0.1, 0.15) is 29.9 Å². The second kappa shape index (κ2) is 11.0. The number of rotatable bonds is 7. The summed E-state index contributed by atoms with van der Waals surface area (Å²) < 4.78 is 2.26. The van der Waals surface area contributed by atoms with Crippen molar-refractivity contribution < 1.29 is 9.90 Å². The first kappa shape index (κ1) is 27.5. The quantitative estimate of drug-likeness (QED) is 0.202. The third kappa shape index (κ3) is 4.89. The van der Waals surface area contributed by atoms with Gasteiger partial charge in [0.15, 0.2) is 0 Å². The number of para-hydroxylation sites is 1. The summed E-state index contributed by atoms with van der Waals surface area (Å²) in [4.78, 5) is 18.1. The molecule has 0 amide bonds. The molecule has 6 aromatic rings. The lowest BCUT2D eigenvalue weighted by molar-refractivity contribution is -0.142. The Bertz CT molecular complexity index is 2000. The van der Waals surface area contributed by atoms with Crippen LogP contribution in [0.25, 0.3) is 44.4 Å². The molecule has 6 rings (SSSR count). The molecule has 0 aliphatic carbocycles. The number of thiophene rings is 1. The predicted molar refractivity (Wildman–Crippen MR) is 172 cm³/mol. The lowest BCUT2D eigenvalue weighted by Gasteiger charge is -2.20. The molecule has 1 N–H and O–H groups in total. The Morgan fingerprint density at radius 1 is 0.952 bits per heavy atom. The number of fused-ring (bicyclic) bond motifs is 1. The van der Waals surface area contributed by atoms with Crippen molar-refractivity contribution in [3.8, 4) is 39.6 Å². The number of hydrogen-bond acceptors (Lipinski definition) is 5. The van der Waals surface area contributed by atoms with Crippen LogP contribution in [-0.2, 0) is 10.2 Å². The summed E-state index contributed by atoms with van der Waals surface area (Å²) in [6.07, 6.45) is 3.39. The van der Waals surface area contributed by atoms with Crippen LogP contribution >= 0.6 is 23.3 Å². The van der Waals surface area contributed by atoms with Gasteiger partial charge >= 0.3 is 5.97 Å². The molecule has 7 heteroatoms. The van der Waals surface area contributed by atoms with Crippen LogP contribution < -0.4 is 0 Å². The van der Waals surface area contributed by atoms with Crippen LogP contribution in [-0.4, -0.2) is 20.0 Å². The van der Waals surface area contributed by atoms with E-state index in [0.717, 1.165) is 49.3 Å². The van der Waals surface area contributed by atoms with E-state index in [1.807, 2.05) is 41.8 Å². The molecule has 0 unspecified atom stereocenters. The van der Waals surface area contributed by atoms with E-state index in [2.05, 4.69) is 70.5 Å². The molecule has 0 aliphatic rings. The fourth-order valence-corrected chi connectivity index (χ4v) is 6.75. The fraction of sp³-hybridized carbons (Fsp3) is 0.114. The third-order valence-corrected chi connectivity index (χ3v) is 9.41. The van der Waals surface area contributed by atoms with Gasteiger partial charge in [0.05, 0.1) is 16.6 Å². The minimum atomic E-state index is -1.07. The average molecular weight is 586 g/mol. The smallest absolute Gasteiger partial charge is 0.313 e. The fourth-order valence-electron chi connectivity index (χ4n) is 5.05. The van der Waals surface area contributed by atoms with Gasteiger partial charge in [0.25, 0.3) is 0 Å². The van der Waals surface area contributed by atoms with Crippen molar-refractivity contribution in [2.45, 2.75) is 31.1 Å². The van der Waals surface area contributed by atoms with E-state index in [0.29, 0.717) is 10.4 Å². The number of aryl methyl sites for hydroxylation is 1. The number of pyridine rings is 1. The zero-order chi connectivity index (χ0) is 29.4. The second-order valence-electron chi connectivity index (χ2n) is 10.7. The number of aliphatic carboxylic acids is 1. The highest BCUT2D eigenvalue weighted by atomic mass is 32.2. The topological polar surface area (TPSA) is 78.9 Å². The number of carboxylic acid groups (broad SMARTS) is 1. The summed E-state index contributed by atoms with van der Waals surface area (Å²) in [5, 5.41) is 22.8. The first-order chi connectivity index (χ1) is 20.3. The largest absolute Gasteiger partial charge is 0.481 e. The molecular formula is C35H27N3O2S2. The number of carboxylic acids is 1. The van der Waals surface area contributed by atoms with Crippen molar-refractivity contribution in [3.63, 3.8) is 0 Å². The Hall–Kier alpha value is -4.64. The van der Waals surface area contributed by atoms with Crippen molar-refractivity contribution in [2.75, 3.05) is 0 Å². The zero-order valence-electron chi connectivity index (χ0n) is 23.3. The Balaban J connectivity index is 1.60. The van der Waals surface area contributed by atoms with Crippen LogP contribution in [0.15, 0.2) is 108 Å². The van der Waals surface area contributed by atoms with E-state index in [4.69, 9.17) is 0 Å². The first-order valence-electron chi connectivity index (χ1n) is 13.4. The van der Waals surface area contributed by atoms with Crippen LogP contribution in [0, 0.1) is 18.3 Å². The molecule has 3 heterocycles. The second-order valence-corrected chi connectivity index (χ2v) is 12.6. The Kier molecular flexibility index (Phi) is 7.19. The maximum Gasteiger partial charge on any atom is 0.313 e. The van der Waals surface area contributed by atoms with Crippen molar-refractivity contribution in [3.05, 3.63) is 119 Å². The monoisotopic (exact) mass is 585 g/mol. The lowest BCUT2D eigenvalue weighted by Crippen LogP contribution is -2.28. The number of aromatic nitrogens is 2. The number of benzene rings is 3.